The molecule has 6 aliphatic carbocycles. The summed E-state index contributed by atoms with van der Waals surface area (Å²) in [6.07, 6.45) is 42.4. The number of hydrogen-bond donors (Lipinski definition) is 0. The molecule has 6 rings (SSSR count). The Bertz CT molecular complexity index is 1550. The smallest absolute Gasteiger partial charge is 0.103 e. The molecule has 6 fully saturated rings. The van der Waals surface area contributed by atoms with Crippen molar-refractivity contribution in [2.75, 3.05) is 0 Å². The fourth-order valence-electron chi connectivity index (χ4n) is 19.2. The molecular formula is C72H126+6. The number of allylic oxidation sites excluding steroid dienone is 1. The number of rotatable bonds is 22. The second-order valence-electron chi connectivity index (χ2n) is 32.4. The number of hydrogen-bond acceptors (Lipinski definition) is 0. The molecule has 0 aromatic rings. The van der Waals surface area contributed by atoms with Crippen molar-refractivity contribution in [3.05, 3.63) is 54.2 Å². The summed E-state index contributed by atoms with van der Waals surface area (Å²) in [5, 5.41) is 0. The van der Waals surface area contributed by atoms with E-state index in [0.717, 1.165) is 95.2 Å². The predicted octanol–water partition coefficient (Wildman–Crippen LogP) is 22.2. The SMILES string of the molecule is C=CC1CCC(C(C)(C)CC(C2CCC(C(C)(C)CC([CH2+])C3CCC(C([CH2+])(C)C)CC3)CC2)C(CCC([CH2+])C2CCC(C([CH2+])(C)C)CC2)C2CCC(C(C)(C)C(C[CH2+])C3CCC(C([CH2+])(C)C)CC3)CC2)CC1. The maximum Gasteiger partial charge on any atom is 0.103 e. The van der Waals surface area contributed by atoms with Gasteiger partial charge in [-0.05, 0) is 291 Å². The van der Waals surface area contributed by atoms with Crippen LogP contribution in [0.4, 0.5) is 0 Å². The zero-order chi connectivity index (χ0) is 53.0. The van der Waals surface area contributed by atoms with Gasteiger partial charge in [0.1, 0.15) is 16.2 Å². The van der Waals surface area contributed by atoms with Crippen LogP contribution in [0.25, 0.3) is 0 Å². The van der Waals surface area contributed by atoms with E-state index in [0.29, 0.717) is 28.1 Å². The second-order valence-corrected chi connectivity index (χ2v) is 32.4. The van der Waals surface area contributed by atoms with Crippen molar-refractivity contribution in [1.82, 2.24) is 0 Å². The van der Waals surface area contributed by atoms with E-state index in [4.69, 9.17) is 20.8 Å². The molecule has 0 N–H and O–H groups in total. The van der Waals surface area contributed by atoms with Crippen LogP contribution >= 0.6 is 0 Å². The molecule has 0 bridgehead atoms. The molecule has 5 unspecified atom stereocenters. The third kappa shape index (κ3) is 15.4. The minimum Gasteiger partial charge on any atom is -0.103 e. The molecule has 6 saturated carbocycles. The maximum atomic E-state index is 5.10. The largest absolute Gasteiger partial charge is 0.103 e. The summed E-state index contributed by atoms with van der Waals surface area (Å²) in [5.41, 5.74) is 1.68. The Morgan fingerprint density at radius 1 is 0.389 bits per heavy atom. The van der Waals surface area contributed by atoms with Crippen LogP contribution in [-0.2, 0) is 0 Å². The van der Waals surface area contributed by atoms with Crippen molar-refractivity contribution < 1.29 is 0 Å². The van der Waals surface area contributed by atoms with Crippen LogP contribution < -0.4 is 0 Å². The van der Waals surface area contributed by atoms with Gasteiger partial charge in [-0.1, -0.05) is 47.6 Å². The Morgan fingerprint density at radius 2 is 0.722 bits per heavy atom. The maximum absolute atomic E-state index is 5.10. The molecule has 0 aliphatic heterocycles. The van der Waals surface area contributed by atoms with Crippen molar-refractivity contribution in [3.63, 3.8) is 0 Å². The van der Waals surface area contributed by atoms with Gasteiger partial charge in [-0.25, -0.2) is 0 Å². The predicted molar refractivity (Wildman–Crippen MR) is 318 cm³/mol. The molecular weight excluding hydrogens is 865 g/mol. The lowest BCUT2D eigenvalue weighted by Gasteiger charge is -2.51. The zero-order valence-corrected chi connectivity index (χ0v) is 50.8. The fraction of sp³-hybridized carbons (Fsp3) is 0.889. The summed E-state index contributed by atoms with van der Waals surface area (Å²) >= 11 is 0. The van der Waals surface area contributed by atoms with Crippen molar-refractivity contribution in [3.8, 4) is 0 Å². The molecule has 0 aromatic heterocycles. The summed E-state index contributed by atoms with van der Waals surface area (Å²) in [7, 11) is 0. The Hall–Kier alpha value is -1.04. The lowest BCUT2D eigenvalue weighted by atomic mass is 9.53. The van der Waals surface area contributed by atoms with Crippen LogP contribution in [-0.4, -0.2) is 0 Å². The van der Waals surface area contributed by atoms with E-state index in [9.17, 15) is 0 Å². The van der Waals surface area contributed by atoms with E-state index in [2.05, 4.69) is 117 Å². The third-order valence-electron chi connectivity index (χ3n) is 24.9. The highest BCUT2D eigenvalue weighted by Crippen LogP contribution is 2.58. The van der Waals surface area contributed by atoms with E-state index >= 15 is 0 Å². The summed E-state index contributed by atoms with van der Waals surface area (Å²) in [6.45, 7) is 63.3. The quantitative estimate of drug-likeness (QED) is 0.0749. The Morgan fingerprint density at radius 3 is 1.12 bits per heavy atom. The van der Waals surface area contributed by atoms with Crippen LogP contribution in [0.3, 0.4) is 0 Å². The molecule has 0 radical (unpaired) electrons. The molecule has 0 nitrogen and oxygen atoms in total. The highest BCUT2D eigenvalue weighted by molar-refractivity contribution is 5.00. The van der Waals surface area contributed by atoms with Crippen molar-refractivity contribution in [2.45, 2.75) is 269 Å². The monoisotopic (exact) mass is 991 g/mol. The summed E-state index contributed by atoms with van der Waals surface area (Å²) in [4.78, 5) is 0. The van der Waals surface area contributed by atoms with Gasteiger partial charge in [-0.2, -0.15) is 0 Å². The van der Waals surface area contributed by atoms with Crippen LogP contribution in [0.2, 0.25) is 0 Å². The Balaban J connectivity index is 1.21. The average molecular weight is 992 g/mol. The molecule has 0 saturated heterocycles. The Labute approximate surface area is 454 Å². The zero-order valence-electron chi connectivity index (χ0n) is 50.8. The lowest BCUT2D eigenvalue weighted by molar-refractivity contribution is -0.0154. The van der Waals surface area contributed by atoms with Crippen molar-refractivity contribution in [1.29, 1.82) is 0 Å². The van der Waals surface area contributed by atoms with Gasteiger partial charge in [0.25, 0.3) is 0 Å². The average Bonchev–Trinajstić information content (AvgIpc) is 3.33. The van der Waals surface area contributed by atoms with E-state index in [1.165, 1.54) is 180 Å². The van der Waals surface area contributed by atoms with Crippen molar-refractivity contribution in [2.24, 2.45) is 133 Å². The summed E-state index contributed by atoms with van der Waals surface area (Å²) in [5.74, 6) is 13.3. The molecule has 5 atom stereocenters. The van der Waals surface area contributed by atoms with E-state index in [1.54, 1.807) is 0 Å². The first kappa shape index (κ1) is 60.2. The standard InChI is InChI=1S/C72H126/c1-20-52-23-35-61(36-24-52)71(16,17)49-65(56-29-43-62(44-30-56)70(14,15)48-51(4)54-27-39-59(40-28-54)68(8,9)10)64(47-22-50(3)53-25-37-58(38-26-53)67(5,6)7)55-31-45-63(46-32-55)72(18,19)66(21-2)57-33-41-60(42-34-57)69(11,12)13/h20,50-66H,1-5,8,11,21-49H2,6-7,9-10,12-19H3/q+6. The normalized spacial score (nSPS) is 35.4. The molecule has 72 heavy (non-hydrogen) atoms. The lowest BCUT2D eigenvalue weighted by Crippen LogP contribution is -2.43. The van der Waals surface area contributed by atoms with Gasteiger partial charge in [0.05, 0.1) is 59.8 Å². The van der Waals surface area contributed by atoms with Gasteiger partial charge in [0.15, 0.2) is 0 Å². The highest BCUT2D eigenvalue weighted by atomic mass is 14.5. The van der Waals surface area contributed by atoms with Gasteiger partial charge in [0.2, 0.25) is 0 Å². The topological polar surface area (TPSA) is 0 Å². The van der Waals surface area contributed by atoms with Crippen molar-refractivity contribution >= 4 is 0 Å². The van der Waals surface area contributed by atoms with Gasteiger partial charge in [0, 0.05) is 35.5 Å². The second kappa shape index (κ2) is 24.7. The van der Waals surface area contributed by atoms with E-state index < -0.39 is 0 Å². The van der Waals surface area contributed by atoms with E-state index in [-0.39, 0.29) is 16.2 Å². The molecule has 0 heteroatoms. The third-order valence-corrected chi connectivity index (χ3v) is 24.9. The minimum absolute atomic E-state index is 0.190. The molecule has 408 valence electrons. The fourth-order valence-corrected chi connectivity index (χ4v) is 19.2. The molecule has 6 aliphatic rings. The van der Waals surface area contributed by atoms with Gasteiger partial charge < -0.3 is 0 Å². The van der Waals surface area contributed by atoms with Crippen LogP contribution in [0.1, 0.15) is 269 Å². The first-order valence-corrected chi connectivity index (χ1v) is 32.2. The minimum atomic E-state index is 0.190. The molecule has 0 spiro atoms. The van der Waals surface area contributed by atoms with Gasteiger partial charge in [-0.3, -0.25) is 0 Å². The summed E-state index contributed by atoms with van der Waals surface area (Å²) < 4.78 is 0. The summed E-state index contributed by atoms with van der Waals surface area (Å²) in [6, 6.07) is 0. The van der Waals surface area contributed by atoms with Crippen LogP contribution in [0, 0.1) is 175 Å². The van der Waals surface area contributed by atoms with E-state index in [1.807, 2.05) is 0 Å². The van der Waals surface area contributed by atoms with Crippen LogP contribution in [0.5, 0.6) is 0 Å². The van der Waals surface area contributed by atoms with Gasteiger partial charge in [-0.15, -0.1) is 6.58 Å². The highest BCUT2D eigenvalue weighted by Gasteiger charge is 2.50. The van der Waals surface area contributed by atoms with Gasteiger partial charge >= 0.3 is 0 Å². The Kier molecular flexibility index (Phi) is 20.7. The molecule has 0 aromatic carbocycles. The first-order chi connectivity index (χ1) is 33.5. The molecule has 0 amide bonds. The van der Waals surface area contributed by atoms with Crippen LogP contribution in [0.15, 0.2) is 12.7 Å². The first-order valence-electron chi connectivity index (χ1n) is 32.2. The molecule has 0 heterocycles.